The van der Waals surface area contributed by atoms with Crippen molar-refractivity contribution in [1.29, 1.82) is 0 Å². The molecule has 1 fully saturated rings. The van der Waals surface area contributed by atoms with E-state index in [0.29, 0.717) is 17.7 Å². The number of amides is 1. The smallest absolute Gasteiger partial charge is 0.223 e. The van der Waals surface area contributed by atoms with E-state index in [1.54, 1.807) is 0 Å². The molecule has 1 saturated heterocycles. The van der Waals surface area contributed by atoms with Crippen LogP contribution in [0.4, 0.5) is 0 Å². The lowest BCUT2D eigenvalue weighted by Gasteiger charge is -2.27. The molecule has 1 aliphatic heterocycles. The van der Waals surface area contributed by atoms with E-state index in [0.717, 1.165) is 19.4 Å². The van der Waals surface area contributed by atoms with E-state index in [4.69, 9.17) is 0 Å². The number of unbranched alkanes of at least 4 members (excludes halogenated alkanes) is 2. The number of piperidine rings is 1. The zero-order chi connectivity index (χ0) is 10.4. The van der Waals surface area contributed by atoms with Crippen LogP contribution in [0.5, 0.6) is 0 Å². The molecule has 1 rings (SSSR count). The molecule has 0 radical (unpaired) electrons. The van der Waals surface area contributed by atoms with Crippen LogP contribution in [0.2, 0.25) is 0 Å². The van der Waals surface area contributed by atoms with Crippen molar-refractivity contribution in [2.75, 3.05) is 6.54 Å². The fourth-order valence-electron chi connectivity index (χ4n) is 2.26. The predicted molar refractivity (Wildman–Crippen MR) is 59.0 cm³/mol. The average Bonchev–Trinajstić information content (AvgIpc) is 2.18. The minimum absolute atomic E-state index is 0.292. The Morgan fingerprint density at radius 2 is 2.29 bits per heavy atom. The summed E-state index contributed by atoms with van der Waals surface area (Å²) >= 11 is 0. The highest BCUT2D eigenvalue weighted by Gasteiger charge is 2.26. The molecular weight excluding hydrogens is 174 g/mol. The molecule has 1 N–H and O–H groups in total. The SMILES string of the molecule is CCCCCC(C)C1CCCNC1=O. The van der Waals surface area contributed by atoms with Crippen molar-refractivity contribution >= 4 is 5.91 Å². The van der Waals surface area contributed by atoms with Gasteiger partial charge in [0, 0.05) is 12.5 Å². The van der Waals surface area contributed by atoms with Gasteiger partial charge in [-0.15, -0.1) is 0 Å². The molecule has 2 atom stereocenters. The molecule has 0 saturated carbocycles. The maximum atomic E-state index is 11.6. The monoisotopic (exact) mass is 197 g/mol. The van der Waals surface area contributed by atoms with Crippen LogP contribution < -0.4 is 5.32 Å². The van der Waals surface area contributed by atoms with Crippen LogP contribution in [0.15, 0.2) is 0 Å². The minimum Gasteiger partial charge on any atom is -0.356 e. The van der Waals surface area contributed by atoms with Crippen LogP contribution in [-0.4, -0.2) is 12.5 Å². The number of carbonyl (C=O) groups excluding carboxylic acids is 1. The Kier molecular flexibility index (Phi) is 4.99. The lowest BCUT2D eigenvalue weighted by molar-refractivity contribution is -0.128. The molecule has 14 heavy (non-hydrogen) atoms. The number of nitrogens with one attached hydrogen (secondary N) is 1. The van der Waals surface area contributed by atoms with Crippen LogP contribution in [0.25, 0.3) is 0 Å². The highest BCUT2D eigenvalue weighted by molar-refractivity contribution is 5.79. The van der Waals surface area contributed by atoms with Crippen molar-refractivity contribution in [2.45, 2.75) is 52.4 Å². The van der Waals surface area contributed by atoms with E-state index >= 15 is 0 Å². The number of carbonyl (C=O) groups is 1. The Hall–Kier alpha value is -0.530. The second-order valence-corrected chi connectivity index (χ2v) is 4.51. The van der Waals surface area contributed by atoms with E-state index in [9.17, 15) is 4.79 Å². The van der Waals surface area contributed by atoms with Crippen molar-refractivity contribution in [3.63, 3.8) is 0 Å². The molecule has 0 aromatic carbocycles. The van der Waals surface area contributed by atoms with Crippen LogP contribution in [0, 0.1) is 11.8 Å². The molecular formula is C12H23NO. The van der Waals surface area contributed by atoms with Crippen molar-refractivity contribution in [1.82, 2.24) is 5.32 Å². The molecule has 1 aliphatic rings. The van der Waals surface area contributed by atoms with E-state index in [1.807, 2.05) is 0 Å². The highest BCUT2D eigenvalue weighted by atomic mass is 16.1. The zero-order valence-corrected chi connectivity index (χ0v) is 9.51. The Bertz CT molecular complexity index is 179. The largest absolute Gasteiger partial charge is 0.356 e. The van der Waals surface area contributed by atoms with E-state index in [2.05, 4.69) is 19.2 Å². The van der Waals surface area contributed by atoms with Crippen LogP contribution >= 0.6 is 0 Å². The van der Waals surface area contributed by atoms with Gasteiger partial charge in [0.05, 0.1) is 0 Å². The first kappa shape index (κ1) is 11.5. The normalized spacial score (nSPS) is 24.4. The van der Waals surface area contributed by atoms with Crippen molar-refractivity contribution in [3.05, 3.63) is 0 Å². The molecule has 1 heterocycles. The van der Waals surface area contributed by atoms with Crippen molar-refractivity contribution in [3.8, 4) is 0 Å². The molecule has 0 aliphatic carbocycles. The summed E-state index contributed by atoms with van der Waals surface area (Å²) in [5, 5.41) is 2.96. The quantitative estimate of drug-likeness (QED) is 0.675. The Balaban J connectivity index is 2.27. The molecule has 2 nitrogen and oxygen atoms in total. The summed E-state index contributed by atoms with van der Waals surface area (Å²) in [5.74, 6) is 1.16. The Morgan fingerprint density at radius 3 is 2.93 bits per heavy atom. The fraction of sp³-hybridized carbons (Fsp3) is 0.917. The standard InChI is InChI=1S/C12H23NO/c1-3-4-5-7-10(2)11-8-6-9-13-12(11)14/h10-11H,3-9H2,1-2H3,(H,13,14). The second kappa shape index (κ2) is 6.05. The average molecular weight is 197 g/mol. The van der Waals surface area contributed by atoms with E-state index < -0.39 is 0 Å². The summed E-state index contributed by atoms with van der Waals surface area (Å²) in [6.45, 7) is 5.33. The van der Waals surface area contributed by atoms with Gasteiger partial charge in [-0.05, 0) is 25.2 Å². The highest BCUT2D eigenvalue weighted by Crippen LogP contribution is 2.25. The summed E-state index contributed by atoms with van der Waals surface area (Å²) in [4.78, 5) is 11.6. The molecule has 82 valence electrons. The molecule has 0 spiro atoms. The van der Waals surface area contributed by atoms with Gasteiger partial charge in [0.25, 0.3) is 0 Å². The maximum absolute atomic E-state index is 11.6. The molecule has 2 unspecified atom stereocenters. The summed E-state index contributed by atoms with van der Waals surface area (Å²) in [5.41, 5.74) is 0. The molecule has 2 heteroatoms. The Morgan fingerprint density at radius 1 is 1.50 bits per heavy atom. The first-order valence-electron chi connectivity index (χ1n) is 6.03. The molecule has 1 amide bonds. The van der Waals surface area contributed by atoms with Gasteiger partial charge in [0.15, 0.2) is 0 Å². The summed E-state index contributed by atoms with van der Waals surface area (Å²) in [7, 11) is 0. The first-order chi connectivity index (χ1) is 6.75. The number of rotatable bonds is 5. The summed E-state index contributed by atoms with van der Waals surface area (Å²) < 4.78 is 0. The summed E-state index contributed by atoms with van der Waals surface area (Å²) in [6.07, 6.45) is 7.32. The van der Waals surface area contributed by atoms with Gasteiger partial charge in [-0.2, -0.15) is 0 Å². The van der Waals surface area contributed by atoms with Crippen LogP contribution in [0.3, 0.4) is 0 Å². The third kappa shape index (κ3) is 3.32. The number of hydrogen-bond donors (Lipinski definition) is 1. The van der Waals surface area contributed by atoms with Crippen molar-refractivity contribution < 1.29 is 4.79 Å². The van der Waals surface area contributed by atoms with Gasteiger partial charge in [-0.3, -0.25) is 4.79 Å². The molecule has 0 aromatic rings. The summed E-state index contributed by atoms with van der Waals surface area (Å²) in [6, 6.07) is 0. The molecule has 0 bridgehead atoms. The van der Waals surface area contributed by atoms with Gasteiger partial charge >= 0.3 is 0 Å². The van der Waals surface area contributed by atoms with Gasteiger partial charge in [-0.1, -0.05) is 33.1 Å². The topological polar surface area (TPSA) is 29.1 Å². The van der Waals surface area contributed by atoms with Crippen LogP contribution in [-0.2, 0) is 4.79 Å². The first-order valence-corrected chi connectivity index (χ1v) is 6.03. The Labute approximate surface area is 87.5 Å². The second-order valence-electron chi connectivity index (χ2n) is 4.51. The minimum atomic E-state index is 0.292. The number of hydrogen-bond acceptors (Lipinski definition) is 1. The van der Waals surface area contributed by atoms with Crippen LogP contribution in [0.1, 0.15) is 52.4 Å². The predicted octanol–water partition coefficient (Wildman–Crippen LogP) is 2.73. The zero-order valence-electron chi connectivity index (χ0n) is 9.51. The maximum Gasteiger partial charge on any atom is 0.223 e. The lowest BCUT2D eigenvalue weighted by atomic mass is 9.83. The lowest BCUT2D eigenvalue weighted by Crippen LogP contribution is -2.39. The van der Waals surface area contributed by atoms with Crippen molar-refractivity contribution in [2.24, 2.45) is 11.8 Å². The van der Waals surface area contributed by atoms with Gasteiger partial charge in [0.1, 0.15) is 0 Å². The van der Waals surface area contributed by atoms with E-state index in [-0.39, 0.29) is 0 Å². The van der Waals surface area contributed by atoms with E-state index in [1.165, 1.54) is 25.7 Å². The van der Waals surface area contributed by atoms with Gasteiger partial charge in [0.2, 0.25) is 5.91 Å². The third-order valence-electron chi connectivity index (χ3n) is 3.28. The van der Waals surface area contributed by atoms with Gasteiger partial charge in [-0.25, -0.2) is 0 Å². The molecule has 0 aromatic heterocycles. The van der Waals surface area contributed by atoms with Gasteiger partial charge < -0.3 is 5.32 Å². The third-order valence-corrected chi connectivity index (χ3v) is 3.28. The fourth-order valence-corrected chi connectivity index (χ4v) is 2.26.